The van der Waals surface area contributed by atoms with Gasteiger partial charge < -0.3 is 15.4 Å². The second-order valence-corrected chi connectivity index (χ2v) is 7.48. The first-order chi connectivity index (χ1) is 11.0. The van der Waals surface area contributed by atoms with E-state index in [1.165, 1.54) is 5.56 Å². The summed E-state index contributed by atoms with van der Waals surface area (Å²) in [5.74, 6) is 2.27. The van der Waals surface area contributed by atoms with Gasteiger partial charge in [-0.25, -0.2) is 0 Å². The quantitative estimate of drug-likeness (QED) is 0.909. The van der Waals surface area contributed by atoms with Gasteiger partial charge in [0.05, 0.1) is 7.11 Å². The maximum Gasteiger partial charge on any atom is 0.222 e. The maximum atomic E-state index is 12.5. The lowest BCUT2D eigenvalue weighted by atomic mass is 9.80. The summed E-state index contributed by atoms with van der Waals surface area (Å²) in [6, 6.07) is 8.26. The van der Waals surface area contributed by atoms with Crippen LogP contribution in [0.1, 0.15) is 44.1 Å². The minimum Gasteiger partial charge on any atom is -0.497 e. The van der Waals surface area contributed by atoms with E-state index in [1.54, 1.807) is 7.11 Å². The molecule has 4 nitrogen and oxygen atoms in total. The summed E-state index contributed by atoms with van der Waals surface area (Å²) in [6.07, 6.45) is 3.88. The number of ether oxygens (including phenoxy) is 1. The number of hydrogen-bond donors (Lipinski definition) is 1. The molecule has 0 aromatic heterocycles. The van der Waals surface area contributed by atoms with Crippen molar-refractivity contribution in [2.75, 3.05) is 26.7 Å². The highest BCUT2D eigenvalue weighted by molar-refractivity contribution is 5.77. The lowest BCUT2D eigenvalue weighted by Gasteiger charge is -2.38. The molecule has 1 heterocycles. The van der Waals surface area contributed by atoms with Crippen molar-refractivity contribution in [2.24, 2.45) is 17.1 Å². The lowest BCUT2D eigenvalue weighted by molar-refractivity contribution is -0.133. The fourth-order valence-corrected chi connectivity index (χ4v) is 3.59. The zero-order chi connectivity index (χ0) is 16.4. The number of piperidine rings is 1. The fourth-order valence-electron chi connectivity index (χ4n) is 3.59. The van der Waals surface area contributed by atoms with Crippen molar-refractivity contribution in [3.05, 3.63) is 29.8 Å². The van der Waals surface area contributed by atoms with Crippen LogP contribution in [-0.2, 0) is 4.79 Å². The molecule has 0 spiro atoms. The molecule has 1 amide bonds. The highest BCUT2D eigenvalue weighted by Crippen LogP contribution is 2.50. The van der Waals surface area contributed by atoms with Crippen molar-refractivity contribution in [2.45, 2.75) is 38.5 Å². The molecule has 3 rings (SSSR count). The van der Waals surface area contributed by atoms with E-state index in [4.69, 9.17) is 10.5 Å². The molecule has 1 saturated carbocycles. The number of nitrogens with zero attached hydrogens (tertiary/aromatic N) is 1. The smallest absolute Gasteiger partial charge is 0.222 e. The second-order valence-electron chi connectivity index (χ2n) is 7.48. The van der Waals surface area contributed by atoms with E-state index in [2.05, 4.69) is 19.1 Å². The molecule has 2 atom stereocenters. The predicted molar refractivity (Wildman–Crippen MR) is 91.4 cm³/mol. The van der Waals surface area contributed by atoms with Crippen LogP contribution in [0.4, 0.5) is 0 Å². The van der Waals surface area contributed by atoms with Crippen molar-refractivity contribution in [3.8, 4) is 5.75 Å². The summed E-state index contributed by atoms with van der Waals surface area (Å²) in [7, 11) is 1.68. The van der Waals surface area contributed by atoms with Crippen LogP contribution in [0.3, 0.4) is 0 Å². The molecule has 4 heteroatoms. The number of rotatable bonds is 5. The molecule has 1 aromatic rings. The van der Waals surface area contributed by atoms with E-state index >= 15 is 0 Å². The fraction of sp³-hybridized carbons (Fsp3) is 0.632. The van der Waals surface area contributed by atoms with Crippen LogP contribution in [0, 0.1) is 11.3 Å². The molecule has 2 aliphatic rings. The molecule has 2 N–H and O–H groups in total. The minimum absolute atomic E-state index is 0.224. The zero-order valence-electron chi connectivity index (χ0n) is 14.3. The van der Waals surface area contributed by atoms with Crippen molar-refractivity contribution < 1.29 is 9.53 Å². The highest BCUT2D eigenvalue weighted by Gasteiger charge is 2.41. The summed E-state index contributed by atoms with van der Waals surface area (Å²) >= 11 is 0. The summed E-state index contributed by atoms with van der Waals surface area (Å²) in [5.41, 5.74) is 7.40. The van der Waals surface area contributed by atoms with Crippen LogP contribution in [0.2, 0.25) is 0 Å². The Labute approximate surface area is 139 Å². The normalized spacial score (nSPS) is 26.0. The molecule has 1 saturated heterocycles. The van der Waals surface area contributed by atoms with Crippen LogP contribution in [0.5, 0.6) is 5.75 Å². The van der Waals surface area contributed by atoms with Crippen molar-refractivity contribution in [3.63, 3.8) is 0 Å². The van der Waals surface area contributed by atoms with Crippen LogP contribution in [-0.4, -0.2) is 37.6 Å². The van der Waals surface area contributed by atoms with Gasteiger partial charge in [0.1, 0.15) is 5.75 Å². The van der Waals surface area contributed by atoms with Crippen molar-refractivity contribution in [1.29, 1.82) is 0 Å². The van der Waals surface area contributed by atoms with E-state index in [0.717, 1.165) is 44.6 Å². The van der Waals surface area contributed by atoms with Crippen molar-refractivity contribution in [1.82, 2.24) is 4.90 Å². The third-order valence-electron chi connectivity index (χ3n) is 5.72. The first kappa shape index (κ1) is 16.3. The monoisotopic (exact) mass is 316 g/mol. The molecular formula is C19H28N2O2. The second kappa shape index (κ2) is 6.52. The average Bonchev–Trinajstić information content (AvgIpc) is 3.34. The Hall–Kier alpha value is -1.55. The van der Waals surface area contributed by atoms with Crippen LogP contribution in [0.25, 0.3) is 0 Å². The SMILES string of the molecule is COc1ccc([C@@H]2C[C@H]2CC(=O)N2CCC(C)(CN)CC2)cc1. The molecule has 0 bridgehead atoms. The summed E-state index contributed by atoms with van der Waals surface area (Å²) in [6.45, 7) is 4.69. The van der Waals surface area contributed by atoms with E-state index in [1.807, 2.05) is 17.0 Å². The van der Waals surface area contributed by atoms with Crippen LogP contribution < -0.4 is 10.5 Å². The zero-order valence-corrected chi connectivity index (χ0v) is 14.3. The molecule has 2 fully saturated rings. The average molecular weight is 316 g/mol. The van der Waals surface area contributed by atoms with Gasteiger partial charge in [-0.2, -0.15) is 0 Å². The number of methoxy groups -OCH3 is 1. The van der Waals surface area contributed by atoms with E-state index in [-0.39, 0.29) is 5.41 Å². The third kappa shape index (κ3) is 3.69. The first-order valence-corrected chi connectivity index (χ1v) is 8.66. The van der Waals surface area contributed by atoms with Gasteiger partial charge in [-0.15, -0.1) is 0 Å². The lowest BCUT2D eigenvalue weighted by Crippen LogP contribution is -2.44. The molecule has 23 heavy (non-hydrogen) atoms. The Balaban J connectivity index is 1.48. The van der Waals surface area contributed by atoms with Gasteiger partial charge in [-0.1, -0.05) is 19.1 Å². The van der Waals surface area contributed by atoms with Crippen molar-refractivity contribution >= 4 is 5.91 Å². The molecular weight excluding hydrogens is 288 g/mol. The standard InChI is InChI=1S/C19H28N2O2/c1-19(13-20)7-9-21(10-8-19)18(22)12-15-11-17(15)14-3-5-16(23-2)6-4-14/h3-6,15,17H,7-13,20H2,1-2H3/t15-,17-/m0/s1. The summed E-state index contributed by atoms with van der Waals surface area (Å²) in [4.78, 5) is 14.5. The molecule has 1 aliphatic heterocycles. The Kier molecular flexibility index (Phi) is 4.62. The van der Waals surface area contributed by atoms with E-state index < -0.39 is 0 Å². The van der Waals surface area contributed by atoms with Gasteiger partial charge in [-0.05, 0) is 60.8 Å². The number of amides is 1. The minimum atomic E-state index is 0.224. The topological polar surface area (TPSA) is 55.6 Å². The largest absolute Gasteiger partial charge is 0.497 e. The van der Waals surface area contributed by atoms with Gasteiger partial charge in [0.2, 0.25) is 5.91 Å². The van der Waals surface area contributed by atoms with Gasteiger partial charge in [-0.3, -0.25) is 4.79 Å². The maximum absolute atomic E-state index is 12.5. The number of nitrogens with two attached hydrogens (primary N) is 1. The molecule has 0 unspecified atom stereocenters. The Bertz CT molecular complexity index is 547. The Morgan fingerprint density at radius 2 is 1.96 bits per heavy atom. The number of benzene rings is 1. The number of hydrogen-bond acceptors (Lipinski definition) is 3. The van der Waals surface area contributed by atoms with E-state index in [0.29, 0.717) is 24.2 Å². The predicted octanol–water partition coefficient (Wildman–Crippen LogP) is 2.78. The first-order valence-electron chi connectivity index (χ1n) is 8.66. The third-order valence-corrected chi connectivity index (χ3v) is 5.72. The van der Waals surface area contributed by atoms with Gasteiger partial charge >= 0.3 is 0 Å². The van der Waals surface area contributed by atoms with Gasteiger partial charge in [0, 0.05) is 19.5 Å². The van der Waals surface area contributed by atoms with Gasteiger partial charge in [0.25, 0.3) is 0 Å². The molecule has 126 valence electrons. The molecule has 1 aromatic carbocycles. The van der Waals surface area contributed by atoms with Crippen LogP contribution >= 0.6 is 0 Å². The number of likely N-dealkylation sites (tertiary alicyclic amines) is 1. The molecule has 0 radical (unpaired) electrons. The van der Waals surface area contributed by atoms with Gasteiger partial charge in [0.15, 0.2) is 0 Å². The summed E-state index contributed by atoms with van der Waals surface area (Å²) < 4.78 is 5.20. The highest BCUT2D eigenvalue weighted by atomic mass is 16.5. The molecule has 1 aliphatic carbocycles. The number of carbonyl (C=O) groups excluding carboxylic acids is 1. The van der Waals surface area contributed by atoms with E-state index in [9.17, 15) is 4.79 Å². The van der Waals surface area contributed by atoms with Crippen LogP contribution in [0.15, 0.2) is 24.3 Å². The Morgan fingerprint density at radius 1 is 1.30 bits per heavy atom. The number of carbonyl (C=O) groups is 1. The summed E-state index contributed by atoms with van der Waals surface area (Å²) in [5, 5.41) is 0. The Morgan fingerprint density at radius 3 is 2.52 bits per heavy atom.